The molecule has 6 heteroatoms. The lowest BCUT2D eigenvalue weighted by molar-refractivity contribution is -0.337. The van der Waals surface area contributed by atoms with Crippen molar-refractivity contribution in [3.05, 3.63) is 0 Å². The quantitative estimate of drug-likeness (QED) is 0.316. The van der Waals surface area contributed by atoms with Gasteiger partial charge in [-0.15, -0.1) is 0 Å². The first-order valence-corrected chi connectivity index (χ1v) is 9.72. The minimum absolute atomic E-state index is 0.0796. The molecule has 0 radical (unpaired) electrons. The summed E-state index contributed by atoms with van der Waals surface area (Å²) in [6.07, 6.45) is -1.56. The number of hydrogen-bond donors (Lipinski definition) is 0. The molecule has 0 saturated heterocycles. The van der Waals surface area contributed by atoms with Gasteiger partial charge in [-0.2, -0.15) is 17.6 Å². The van der Waals surface area contributed by atoms with Crippen molar-refractivity contribution in [2.75, 3.05) is 6.61 Å². The molecular weight excluding hydrogens is 351 g/mol. The first kappa shape index (κ1) is 25.6. The number of hydrogen-bond acceptors (Lipinski definition) is 1. The van der Waals surface area contributed by atoms with Gasteiger partial charge in [-0.3, -0.25) is 0 Å². The second-order valence-corrected chi connectivity index (χ2v) is 8.16. The smallest absolute Gasteiger partial charge is 0.343 e. The largest absolute Gasteiger partial charge is 0.379 e. The van der Waals surface area contributed by atoms with Gasteiger partial charge in [-0.1, -0.05) is 41.5 Å². The lowest BCUT2D eigenvalue weighted by Gasteiger charge is -2.54. The Morgan fingerprint density at radius 2 is 1.15 bits per heavy atom. The molecule has 0 amide bonds. The highest BCUT2D eigenvalue weighted by atomic mass is 19.3. The van der Waals surface area contributed by atoms with E-state index in [0.717, 1.165) is 0 Å². The topological polar surface area (TPSA) is 9.23 Å². The van der Waals surface area contributed by atoms with Crippen LogP contribution in [0.2, 0.25) is 0 Å². The van der Waals surface area contributed by atoms with E-state index in [-0.39, 0.29) is 32.0 Å². The standard InChI is InChI=1S/C20H37F5O/c1-9-17(10-2,16(7,8)13-14-26-15(5)6)19(22,23)20(24,25)18(21,11-3)12-4/h15H,9-14H2,1-8H3. The van der Waals surface area contributed by atoms with Crippen molar-refractivity contribution in [1.82, 2.24) is 0 Å². The van der Waals surface area contributed by atoms with Crippen LogP contribution in [-0.4, -0.2) is 30.2 Å². The molecule has 0 aromatic heterocycles. The second-order valence-electron chi connectivity index (χ2n) is 8.16. The van der Waals surface area contributed by atoms with E-state index in [4.69, 9.17) is 4.74 Å². The molecule has 0 fully saturated rings. The van der Waals surface area contributed by atoms with Gasteiger partial charge < -0.3 is 4.74 Å². The number of halogens is 5. The predicted octanol–water partition coefficient (Wildman–Crippen LogP) is 7.43. The normalized spacial score (nSPS) is 15.0. The minimum Gasteiger partial charge on any atom is -0.379 e. The third-order valence-corrected chi connectivity index (χ3v) is 6.36. The fourth-order valence-electron chi connectivity index (χ4n) is 4.14. The Hall–Kier alpha value is -0.390. The highest BCUT2D eigenvalue weighted by Gasteiger charge is 2.76. The van der Waals surface area contributed by atoms with Crippen molar-refractivity contribution in [2.45, 2.75) is 111 Å². The maximum absolute atomic E-state index is 15.4. The zero-order chi connectivity index (χ0) is 21.0. The van der Waals surface area contributed by atoms with Gasteiger partial charge in [0.25, 0.3) is 0 Å². The van der Waals surface area contributed by atoms with Crippen LogP contribution >= 0.6 is 0 Å². The van der Waals surface area contributed by atoms with Crippen molar-refractivity contribution in [1.29, 1.82) is 0 Å². The Balaban J connectivity index is 6.16. The van der Waals surface area contributed by atoms with Crippen LogP contribution in [0.1, 0.15) is 87.5 Å². The Morgan fingerprint density at radius 1 is 0.731 bits per heavy atom. The summed E-state index contributed by atoms with van der Waals surface area (Å²) in [7, 11) is 0. The zero-order valence-corrected chi connectivity index (χ0v) is 17.6. The Kier molecular flexibility index (Phi) is 8.61. The molecule has 0 aliphatic heterocycles. The molecule has 0 N–H and O–H groups in total. The molecule has 0 heterocycles. The van der Waals surface area contributed by atoms with Crippen LogP contribution in [0.15, 0.2) is 0 Å². The molecule has 158 valence electrons. The molecule has 0 unspecified atom stereocenters. The van der Waals surface area contributed by atoms with Crippen LogP contribution in [0.5, 0.6) is 0 Å². The van der Waals surface area contributed by atoms with E-state index in [9.17, 15) is 13.2 Å². The Bertz CT molecular complexity index is 424. The van der Waals surface area contributed by atoms with Crippen LogP contribution in [0, 0.1) is 10.8 Å². The number of alkyl halides is 5. The number of ether oxygens (including phenoxy) is 1. The van der Waals surface area contributed by atoms with E-state index in [1.54, 1.807) is 13.8 Å². The molecule has 26 heavy (non-hydrogen) atoms. The lowest BCUT2D eigenvalue weighted by atomic mass is 9.55. The van der Waals surface area contributed by atoms with Crippen molar-refractivity contribution in [2.24, 2.45) is 10.8 Å². The molecule has 0 saturated carbocycles. The first-order chi connectivity index (χ1) is 11.7. The van der Waals surface area contributed by atoms with E-state index in [1.165, 1.54) is 27.7 Å². The zero-order valence-electron chi connectivity index (χ0n) is 17.6. The lowest BCUT2D eigenvalue weighted by Crippen LogP contribution is -2.66. The van der Waals surface area contributed by atoms with Gasteiger partial charge in [-0.25, -0.2) is 4.39 Å². The maximum Gasteiger partial charge on any atom is 0.343 e. The predicted molar refractivity (Wildman–Crippen MR) is 96.8 cm³/mol. The van der Waals surface area contributed by atoms with E-state index < -0.39 is 41.2 Å². The van der Waals surface area contributed by atoms with Gasteiger partial charge in [0, 0.05) is 12.0 Å². The SMILES string of the molecule is CCC(F)(CC)C(F)(F)C(F)(F)C(CC)(CC)C(C)(C)CCOC(C)C. The second kappa shape index (κ2) is 8.74. The van der Waals surface area contributed by atoms with Gasteiger partial charge in [0.2, 0.25) is 0 Å². The molecule has 0 aromatic carbocycles. The Labute approximate surface area is 156 Å². The summed E-state index contributed by atoms with van der Waals surface area (Å²) in [6.45, 7) is 12.3. The third kappa shape index (κ3) is 4.05. The molecule has 1 nitrogen and oxygen atoms in total. The molecule has 0 rings (SSSR count). The number of rotatable bonds is 12. The van der Waals surface area contributed by atoms with E-state index in [1.807, 2.05) is 13.8 Å². The van der Waals surface area contributed by atoms with Gasteiger partial charge in [-0.05, 0) is 51.4 Å². The van der Waals surface area contributed by atoms with Crippen LogP contribution in [0.4, 0.5) is 22.0 Å². The Morgan fingerprint density at radius 3 is 1.46 bits per heavy atom. The van der Waals surface area contributed by atoms with Crippen LogP contribution in [-0.2, 0) is 4.74 Å². The highest BCUT2D eigenvalue weighted by Crippen LogP contribution is 2.64. The first-order valence-electron chi connectivity index (χ1n) is 9.72. The molecule has 0 aliphatic carbocycles. The maximum atomic E-state index is 15.4. The fraction of sp³-hybridized carbons (Fsp3) is 1.00. The van der Waals surface area contributed by atoms with Crippen LogP contribution < -0.4 is 0 Å². The fourth-order valence-corrected chi connectivity index (χ4v) is 4.14. The van der Waals surface area contributed by atoms with Gasteiger partial charge in [0.05, 0.1) is 6.10 Å². The van der Waals surface area contributed by atoms with E-state index >= 15 is 8.78 Å². The van der Waals surface area contributed by atoms with Crippen molar-refractivity contribution < 1.29 is 26.7 Å². The average Bonchev–Trinajstić information content (AvgIpc) is 2.54. The van der Waals surface area contributed by atoms with Gasteiger partial charge in [0.1, 0.15) is 0 Å². The average molecular weight is 389 g/mol. The molecule has 0 aliphatic rings. The van der Waals surface area contributed by atoms with Gasteiger partial charge >= 0.3 is 11.8 Å². The summed E-state index contributed by atoms with van der Waals surface area (Å²) in [5.41, 5.74) is -6.46. The molecular formula is C20H37F5O. The van der Waals surface area contributed by atoms with E-state index in [2.05, 4.69) is 0 Å². The van der Waals surface area contributed by atoms with Crippen molar-refractivity contribution >= 4 is 0 Å². The summed E-state index contributed by atoms with van der Waals surface area (Å²) in [5.74, 6) is -9.25. The third-order valence-electron chi connectivity index (χ3n) is 6.36. The molecule has 0 atom stereocenters. The van der Waals surface area contributed by atoms with Crippen LogP contribution in [0.3, 0.4) is 0 Å². The monoisotopic (exact) mass is 388 g/mol. The molecule has 0 aromatic rings. The molecule has 0 bridgehead atoms. The highest BCUT2D eigenvalue weighted by molar-refractivity contribution is 5.12. The molecule has 0 spiro atoms. The van der Waals surface area contributed by atoms with Crippen LogP contribution in [0.25, 0.3) is 0 Å². The summed E-state index contributed by atoms with van der Waals surface area (Å²) in [5, 5.41) is 0. The summed E-state index contributed by atoms with van der Waals surface area (Å²) >= 11 is 0. The van der Waals surface area contributed by atoms with Crippen molar-refractivity contribution in [3.8, 4) is 0 Å². The summed E-state index contributed by atoms with van der Waals surface area (Å²) in [6, 6.07) is 0. The summed E-state index contributed by atoms with van der Waals surface area (Å²) < 4.78 is 81.1. The minimum atomic E-state index is -4.76. The van der Waals surface area contributed by atoms with E-state index in [0.29, 0.717) is 0 Å². The van der Waals surface area contributed by atoms with Gasteiger partial charge in [0.15, 0.2) is 5.67 Å². The summed E-state index contributed by atoms with van der Waals surface area (Å²) in [4.78, 5) is 0. The van der Waals surface area contributed by atoms with Crippen molar-refractivity contribution in [3.63, 3.8) is 0 Å².